The van der Waals surface area contributed by atoms with Gasteiger partial charge in [0.1, 0.15) is 23.4 Å². The van der Waals surface area contributed by atoms with Gasteiger partial charge in [0.15, 0.2) is 0 Å². The smallest absolute Gasteiger partial charge is 0.130 e. The minimum atomic E-state index is 0.0460. The van der Waals surface area contributed by atoms with E-state index in [0.717, 1.165) is 33.3 Å². The summed E-state index contributed by atoms with van der Waals surface area (Å²) < 4.78 is 1.77. The average Bonchev–Trinajstić information content (AvgIpc) is 3.16. The highest BCUT2D eigenvalue weighted by atomic mass is 15.3. The molecule has 4 aromatic rings. The number of hydrogen-bond acceptors (Lipinski definition) is 3. The van der Waals surface area contributed by atoms with Crippen LogP contribution < -0.4 is 0 Å². The first-order chi connectivity index (χ1) is 13.3. The standard InChI is InChI=1S/C23H14N4/c24-14-17(15-25)12-21-16-27(22-8-2-1-3-9-22)26-23(21)20-11-10-18-6-4-5-7-19(18)13-20/h1-13,16H. The van der Waals surface area contributed by atoms with Gasteiger partial charge in [0.05, 0.1) is 5.69 Å². The quantitative estimate of drug-likeness (QED) is 0.483. The first kappa shape index (κ1) is 16.3. The molecule has 0 spiro atoms. The molecule has 0 amide bonds. The molecule has 0 radical (unpaired) electrons. The van der Waals surface area contributed by atoms with Gasteiger partial charge in [-0.05, 0) is 35.0 Å². The van der Waals surface area contributed by atoms with E-state index in [9.17, 15) is 0 Å². The lowest BCUT2D eigenvalue weighted by Crippen LogP contribution is -1.94. The van der Waals surface area contributed by atoms with E-state index >= 15 is 0 Å². The number of aromatic nitrogens is 2. The van der Waals surface area contributed by atoms with Crippen LogP contribution in [0.25, 0.3) is 33.8 Å². The maximum Gasteiger partial charge on any atom is 0.130 e. The molecule has 27 heavy (non-hydrogen) atoms. The van der Waals surface area contributed by atoms with Gasteiger partial charge < -0.3 is 0 Å². The number of nitriles is 2. The zero-order valence-corrected chi connectivity index (χ0v) is 14.4. The number of nitrogens with zero attached hydrogens (tertiary/aromatic N) is 4. The third kappa shape index (κ3) is 3.20. The van der Waals surface area contributed by atoms with Crippen molar-refractivity contribution >= 4 is 16.8 Å². The number of allylic oxidation sites excluding steroid dienone is 1. The molecule has 4 nitrogen and oxygen atoms in total. The van der Waals surface area contributed by atoms with E-state index in [-0.39, 0.29) is 5.57 Å². The zero-order valence-electron chi connectivity index (χ0n) is 14.4. The van der Waals surface area contributed by atoms with E-state index in [2.05, 4.69) is 24.3 Å². The lowest BCUT2D eigenvalue weighted by Gasteiger charge is -2.03. The first-order valence-electron chi connectivity index (χ1n) is 8.44. The van der Waals surface area contributed by atoms with Gasteiger partial charge in [0.25, 0.3) is 0 Å². The van der Waals surface area contributed by atoms with Gasteiger partial charge in [-0.25, -0.2) is 4.68 Å². The molecule has 4 heteroatoms. The van der Waals surface area contributed by atoms with Crippen molar-refractivity contribution in [3.63, 3.8) is 0 Å². The normalized spacial score (nSPS) is 10.1. The zero-order chi connectivity index (χ0) is 18.6. The van der Waals surface area contributed by atoms with Gasteiger partial charge in [-0.2, -0.15) is 15.6 Å². The van der Waals surface area contributed by atoms with Crippen LogP contribution in [0.3, 0.4) is 0 Å². The summed E-state index contributed by atoms with van der Waals surface area (Å²) in [5, 5.41) is 25.3. The van der Waals surface area contributed by atoms with Gasteiger partial charge in [-0.1, -0.05) is 54.6 Å². The lowest BCUT2D eigenvalue weighted by atomic mass is 10.0. The first-order valence-corrected chi connectivity index (χ1v) is 8.44. The molecule has 0 atom stereocenters. The van der Waals surface area contributed by atoms with Crippen LogP contribution in [0.4, 0.5) is 0 Å². The lowest BCUT2D eigenvalue weighted by molar-refractivity contribution is 0.884. The summed E-state index contributed by atoms with van der Waals surface area (Å²) in [4.78, 5) is 0. The summed E-state index contributed by atoms with van der Waals surface area (Å²) in [6, 6.07) is 27.8. The van der Waals surface area contributed by atoms with E-state index in [4.69, 9.17) is 15.6 Å². The van der Waals surface area contributed by atoms with E-state index in [1.165, 1.54) is 0 Å². The van der Waals surface area contributed by atoms with Crippen LogP contribution >= 0.6 is 0 Å². The third-order valence-electron chi connectivity index (χ3n) is 4.33. The number of para-hydroxylation sites is 1. The van der Waals surface area contributed by atoms with Crippen molar-refractivity contribution in [2.75, 3.05) is 0 Å². The summed E-state index contributed by atoms with van der Waals surface area (Å²) in [6.45, 7) is 0. The van der Waals surface area contributed by atoms with Gasteiger partial charge in [0.2, 0.25) is 0 Å². The molecule has 3 aromatic carbocycles. The SMILES string of the molecule is N#CC(C#N)=Cc1cn(-c2ccccc2)nc1-c1ccc2ccccc2c1. The summed E-state index contributed by atoms with van der Waals surface area (Å²) >= 11 is 0. The van der Waals surface area contributed by atoms with Crippen molar-refractivity contribution in [1.82, 2.24) is 9.78 Å². The average molecular weight is 346 g/mol. The predicted octanol–water partition coefficient (Wildman–Crippen LogP) is 5.12. The van der Waals surface area contributed by atoms with Crippen molar-refractivity contribution in [1.29, 1.82) is 10.5 Å². The van der Waals surface area contributed by atoms with Gasteiger partial charge in [0, 0.05) is 17.3 Å². The second kappa shape index (κ2) is 7.00. The molecule has 1 aromatic heterocycles. The fourth-order valence-electron chi connectivity index (χ4n) is 3.01. The summed E-state index contributed by atoms with van der Waals surface area (Å²) in [5.41, 5.74) is 3.35. The fourth-order valence-corrected chi connectivity index (χ4v) is 3.01. The van der Waals surface area contributed by atoms with Crippen LogP contribution in [0.2, 0.25) is 0 Å². The van der Waals surface area contributed by atoms with Gasteiger partial charge in [-0.15, -0.1) is 0 Å². The van der Waals surface area contributed by atoms with Crippen molar-refractivity contribution in [3.8, 4) is 29.1 Å². The molecule has 0 aliphatic rings. The Hall–Kier alpha value is -4.15. The molecule has 126 valence electrons. The van der Waals surface area contributed by atoms with Crippen molar-refractivity contribution < 1.29 is 0 Å². The molecule has 0 saturated heterocycles. The number of benzene rings is 3. The van der Waals surface area contributed by atoms with E-state index in [1.54, 1.807) is 10.8 Å². The molecule has 1 heterocycles. The van der Waals surface area contributed by atoms with Gasteiger partial charge in [-0.3, -0.25) is 0 Å². The number of fused-ring (bicyclic) bond motifs is 1. The van der Waals surface area contributed by atoms with E-state index in [1.807, 2.05) is 66.9 Å². The monoisotopic (exact) mass is 346 g/mol. The van der Waals surface area contributed by atoms with Crippen LogP contribution in [0.15, 0.2) is 84.6 Å². The topological polar surface area (TPSA) is 65.4 Å². The molecule has 0 fully saturated rings. The van der Waals surface area contributed by atoms with Crippen LogP contribution in [-0.4, -0.2) is 9.78 Å². The highest BCUT2D eigenvalue weighted by Crippen LogP contribution is 2.28. The molecule has 0 aliphatic heterocycles. The summed E-state index contributed by atoms with van der Waals surface area (Å²) in [5.74, 6) is 0. The van der Waals surface area contributed by atoms with E-state index in [0.29, 0.717) is 0 Å². The minimum Gasteiger partial charge on any atom is -0.240 e. The Balaban J connectivity index is 1.92. The Morgan fingerprint density at radius 1 is 0.852 bits per heavy atom. The highest BCUT2D eigenvalue weighted by molar-refractivity contribution is 5.88. The number of hydrogen-bond donors (Lipinski definition) is 0. The Morgan fingerprint density at radius 2 is 1.56 bits per heavy atom. The van der Waals surface area contributed by atoms with Gasteiger partial charge >= 0.3 is 0 Å². The molecular weight excluding hydrogens is 332 g/mol. The summed E-state index contributed by atoms with van der Waals surface area (Å²) in [6.07, 6.45) is 3.42. The van der Waals surface area contributed by atoms with Crippen LogP contribution in [0.1, 0.15) is 5.56 Å². The summed E-state index contributed by atoms with van der Waals surface area (Å²) in [7, 11) is 0. The Labute approximate surface area is 156 Å². The van der Waals surface area contributed by atoms with Crippen LogP contribution in [0.5, 0.6) is 0 Å². The fraction of sp³-hybridized carbons (Fsp3) is 0. The maximum absolute atomic E-state index is 9.15. The molecule has 0 unspecified atom stereocenters. The van der Waals surface area contributed by atoms with Crippen molar-refractivity contribution in [3.05, 3.63) is 90.1 Å². The van der Waals surface area contributed by atoms with Crippen LogP contribution in [0, 0.1) is 22.7 Å². The number of rotatable bonds is 3. The largest absolute Gasteiger partial charge is 0.240 e. The van der Waals surface area contributed by atoms with Crippen molar-refractivity contribution in [2.24, 2.45) is 0 Å². The maximum atomic E-state index is 9.15. The van der Waals surface area contributed by atoms with E-state index < -0.39 is 0 Å². The third-order valence-corrected chi connectivity index (χ3v) is 4.33. The molecule has 0 aliphatic carbocycles. The van der Waals surface area contributed by atoms with Crippen molar-refractivity contribution in [2.45, 2.75) is 0 Å². The minimum absolute atomic E-state index is 0.0460. The molecular formula is C23H14N4. The molecule has 0 N–H and O–H groups in total. The molecule has 4 rings (SSSR count). The Bertz CT molecular complexity index is 1220. The Kier molecular flexibility index (Phi) is 4.23. The highest BCUT2D eigenvalue weighted by Gasteiger charge is 2.12. The predicted molar refractivity (Wildman–Crippen MR) is 106 cm³/mol. The Morgan fingerprint density at radius 3 is 2.30 bits per heavy atom. The molecule has 0 bridgehead atoms. The second-order valence-corrected chi connectivity index (χ2v) is 6.06. The molecule has 0 saturated carbocycles. The second-order valence-electron chi connectivity index (χ2n) is 6.06. The van der Waals surface area contributed by atoms with Crippen LogP contribution in [-0.2, 0) is 0 Å².